The van der Waals surface area contributed by atoms with Gasteiger partial charge in [-0.05, 0) is 55.7 Å². The average Bonchev–Trinajstić information content (AvgIpc) is 2.73. The molecule has 2 amide bonds. The first kappa shape index (κ1) is 25.5. The second kappa shape index (κ2) is 12.3. The summed E-state index contributed by atoms with van der Waals surface area (Å²) in [7, 11) is 0. The molecule has 0 aliphatic heterocycles. The van der Waals surface area contributed by atoms with Crippen LogP contribution in [0.1, 0.15) is 38.3 Å². The van der Waals surface area contributed by atoms with Gasteiger partial charge in [0.25, 0.3) is 0 Å². The zero-order chi connectivity index (χ0) is 23.0. The van der Waals surface area contributed by atoms with Crippen molar-refractivity contribution in [2.45, 2.75) is 51.6 Å². The van der Waals surface area contributed by atoms with E-state index in [1.54, 1.807) is 37.3 Å². The number of nitrogens with zero attached hydrogens (tertiary/aromatic N) is 1. The van der Waals surface area contributed by atoms with Gasteiger partial charge in [0.2, 0.25) is 11.8 Å². The maximum Gasteiger partial charge on any atom is 0.242 e. The van der Waals surface area contributed by atoms with E-state index >= 15 is 0 Å². The highest BCUT2D eigenvalue weighted by molar-refractivity contribution is 7.99. The lowest BCUT2D eigenvalue weighted by Gasteiger charge is -2.30. The maximum absolute atomic E-state index is 13.1. The predicted octanol–water partition coefficient (Wildman–Crippen LogP) is 5.70. The number of hydrogen-bond donors (Lipinski definition) is 1. The molecule has 2 aromatic carbocycles. The van der Waals surface area contributed by atoms with Crippen LogP contribution in [0.25, 0.3) is 0 Å². The summed E-state index contributed by atoms with van der Waals surface area (Å²) >= 11 is 13.7. The minimum Gasteiger partial charge on any atom is -0.352 e. The highest BCUT2D eigenvalue weighted by Crippen LogP contribution is 2.24. The molecule has 0 bridgehead atoms. The standard InChI is InChI=1S/C23H27Cl2FN2O2S/c1-4-15(2)27-23(30)16(3)28(12-18-7-8-19(24)11-21(18)25)22(29)14-31-13-17-5-9-20(26)10-6-17/h5-11,15-16H,4,12-14H2,1-3H3,(H,27,30). The van der Waals surface area contributed by atoms with Crippen molar-refractivity contribution < 1.29 is 14.0 Å². The minimum atomic E-state index is -0.667. The Balaban J connectivity index is 2.11. The fourth-order valence-corrected chi connectivity index (χ4v) is 4.14. The van der Waals surface area contributed by atoms with E-state index in [-0.39, 0.29) is 36.0 Å². The number of thioether (sulfide) groups is 1. The average molecular weight is 485 g/mol. The van der Waals surface area contributed by atoms with E-state index in [1.807, 2.05) is 13.8 Å². The molecule has 0 spiro atoms. The van der Waals surface area contributed by atoms with Gasteiger partial charge in [-0.25, -0.2) is 4.39 Å². The second-order valence-electron chi connectivity index (χ2n) is 7.37. The summed E-state index contributed by atoms with van der Waals surface area (Å²) in [5.74, 6) is 0.0664. The summed E-state index contributed by atoms with van der Waals surface area (Å²) in [5.41, 5.74) is 1.64. The monoisotopic (exact) mass is 484 g/mol. The molecule has 168 valence electrons. The Bertz CT molecular complexity index is 896. The molecule has 0 heterocycles. The van der Waals surface area contributed by atoms with Crippen molar-refractivity contribution in [3.05, 3.63) is 69.5 Å². The number of benzene rings is 2. The van der Waals surface area contributed by atoms with Gasteiger partial charge in [-0.3, -0.25) is 9.59 Å². The topological polar surface area (TPSA) is 49.4 Å². The highest BCUT2D eigenvalue weighted by Gasteiger charge is 2.27. The Hall–Kier alpha value is -1.76. The fourth-order valence-electron chi connectivity index (χ4n) is 2.80. The van der Waals surface area contributed by atoms with Crippen molar-refractivity contribution in [1.82, 2.24) is 10.2 Å². The maximum atomic E-state index is 13.1. The van der Waals surface area contributed by atoms with Crippen LogP contribution in [0.4, 0.5) is 4.39 Å². The van der Waals surface area contributed by atoms with Gasteiger partial charge in [0.1, 0.15) is 11.9 Å². The van der Waals surface area contributed by atoms with Gasteiger partial charge in [-0.2, -0.15) is 0 Å². The molecule has 0 aliphatic carbocycles. The normalized spacial score (nSPS) is 12.8. The molecule has 0 fully saturated rings. The van der Waals surface area contributed by atoms with Gasteiger partial charge in [0.15, 0.2) is 0 Å². The first-order valence-corrected chi connectivity index (χ1v) is 12.0. The quantitative estimate of drug-likeness (QED) is 0.470. The molecule has 0 saturated carbocycles. The van der Waals surface area contributed by atoms with Crippen LogP contribution in [0, 0.1) is 5.82 Å². The summed E-state index contributed by atoms with van der Waals surface area (Å²) in [5, 5.41) is 3.88. The molecule has 4 nitrogen and oxygen atoms in total. The van der Waals surface area contributed by atoms with Crippen molar-refractivity contribution in [2.24, 2.45) is 0 Å². The SMILES string of the molecule is CCC(C)NC(=O)C(C)N(Cc1ccc(Cl)cc1Cl)C(=O)CSCc1ccc(F)cc1. The lowest BCUT2D eigenvalue weighted by atomic mass is 10.1. The van der Waals surface area contributed by atoms with E-state index in [9.17, 15) is 14.0 Å². The van der Waals surface area contributed by atoms with Crippen LogP contribution in [0.3, 0.4) is 0 Å². The van der Waals surface area contributed by atoms with Crippen LogP contribution in [-0.4, -0.2) is 34.6 Å². The lowest BCUT2D eigenvalue weighted by molar-refractivity contribution is -0.138. The summed E-state index contributed by atoms with van der Waals surface area (Å²) in [6.45, 7) is 5.81. The zero-order valence-corrected chi connectivity index (χ0v) is 20.2. The second-order valence-corrected chi connectivity index (χ2v) is 9.20. The third-order valence-electron chi connectivity index (χ3n) is 4.93. The molecule has 0 radical (unpaired) electrons. The molecule has 31 heavy (non-hydrogen) atoms. The van der Waals surface area contributed by atoms with Crippen LogP contribution < -0.4 is 5.32 Å². The molecule has 2 rings (SSSR count). The summed E-state index contributed by atoms with van der Waals surface area (Å²) < 4.78 is 13.1. The first-order chi connectivity index (χ1) is 14.7. The van der Waals surface area contributed by atoms with Gasteiger partial charge in [-0.1, -0.05) is 48.3 Å². The summed E-state index contributed by atoms with van der Waals surface area (Å²) in [4.78, 5) is 27.3. The number of carbonyl (C=O) groups excluding carboxylic acids is 2. The van der Waals surface area contributed by atoms with Crippen LogP contribution in [0.15, 0.2) is 42.5 Å². The lowest BCUT2D eigenvalue weighted by Crippen LogP contribution is -2.50. The van der Waals surface area contributed by atoms with Crippen molar-refractivity contribution in [1.29, 1.82) is 0 Å². The van der Waals surface area contributed by atoms with Gasteiger partial charge in [0.05, 0.1) is 5.75 Å². The van der Waals surface area contributed by atoms with E-state index in [0.717, 1.165) is 12.0 Å². The van der Waals surface area contributed by atoms with Gasteiger partial charge >= 0.3 is 0 Å². The number of nitrogens with one attached hydrogen (secondary N) is 1. The molecule has 8 heteroatoms. The van der Waals surface area contributed by atoms with Crippen molar-refractivity contribution >= 4 is 46.8 Å². The van der Waals surface area contributed by atoms with Crippen LogP contribution in [0.2, 0.25) is 10.0 Å². The number of hydrogen-bond acceptors (Lipinski definition) is 3. The Kier molecular flexibility index (Phi) is 10.1. The third kappa shape index (κ3) is 8.02. The molecular weight excluding hydrogens is 458 g/mol. The summed E-state index contributed by atoms with van der Waals surface area (Å²) in [6.07, 6.45) is 0.795. The molecule has 0 aliphatic rings. The minimum absolute atomic E-state index is 0.0128. The van der Waals surface area contributed by atoms with E-state index in [0.29, 0.717) is 21.4 Å². The van der Waals surface area contributed by atoms with E-state index < -0.39 is 6.04 Å². The van der Waals surface area contributed by atoms with E-state index in [4.69, 9.17) is 23.2 Å². The number of carbonyl (C=O) groups is 2. The Labute approximate surface area is 197 Å². The predicted molar refractivity (Wildman–Crippen MR) is 127 cm³/mol. The van der Waals surface area contributed by atoms with Crippen LogP contribution in [0.5, 0.6) is 0 Å². The van der Waals surface area contributed by atoms with Crippen molar-refractivity contribution in [3.63, 3.8) is 0 Å². The molecule has 2 unspecified atom stereocenters. The number of amides is 2. The molecule has 1 N–H and O–H groups in total. The first-order valence-electron chi connectivity index (χ1n) is 10.1. The number of rotatable bonds is 10. The fraction of sp³-hybridized carbons (Fsp3) is 0.391. The van der Waals surface area contributed by atoms with E-state index in [1.165, 1.54) is 28.8 Å². The largest absolute Gasteiger partial charge is 0.352 e. The smallest absolute Gasteiger partial charge is 0.242 e. The van der Waals surface area contributed by atoms with Gasteiger partial charge in [-0.15, -0.1) is 11.8 Å². The Morgan fingerprint density at radius 3 is 2.42 bits per heavy atom. The molecule has 2 atom stereocenters. The van der Waals surface area contributed by atoms with Gasteiger partial charge < -0.3 is 10.2 Å². The highest BCUT2D eigenvalue weighted by atomic mass is 35.5. The Morgan fingerprint density at radius 2 is 1.81 bits per heavy atom. The third-order valence-corrected chi connectivity index (χ3v) is 6.51. The molecule has 0 saturated heterocycles. The summed E-state index contributed by atoms with van der Waals surface area (Å²) in [6, 6.07) is 10.6. The van der Waals surface area contributed by atoms with Crippen molar-refractivity contribution in [3.8, 4) is 0 Å². The van der Waals surface area contributed by atoms with Crippen LogP contribution in [-0.2, 0) is 21.9 Å². The Morgan fingerprint density at radius 1 is 1.13 bits per heavy atom. The van der Waals surface area contributed by atoms with Crippen molar-refractivity contribution in [2.75, 3.05) is 5.75 Å². The zero-order valence-electron chi connectivity index (χ0n) is 17.8. The van der Waals surface area contributed by atoms with Gasteiger partial charge in [0, 0.05) is 28.4 Å². The number of halogens is 3. The molecule has 0 aromatic heterocycles. The van der Waals surface area contributed by atoms with E-state index in [2.05, 4.69) is 5.32 Å². The van der Waals surface area contributed by atoms with Crippen LogP contribution >= 0.6 is 35.0 Å². The molecular formula is C23H27Cl2FN2O2S. The molecule has 2 aromatic rings.